The third kappa shape index (κ3) is 4.93. The Hall–Kier alpha value is 0.100. The summed E-state index contributed by atoms with van der Waals surface area (Å²) in [4.78, 5) is 0. The molecule has 0 amide bonds. The molecule has 0 saturated heterocycles. The van der Waals surface area contributed by atoms with E-state index in [4.69, 9.17) is 0 Å². The van der Waals surface area contributed by atoms with Gasteiger partial charge in [0, 0.05) is 5.75 Å². The van der Waals surface area contributed by atoms with Crippen LogP contribution in [0.4, 0.5) is 13.2 Å². The zero-order chi connectivity index (χ0) is 8.04. The predicted molar refractivity (Wildman–Crippen MR) is 35.3 cm³/mol. The van der Waals surface area contributed by atoms with Crippen molar-refractivity contribution in [1.29, 1.82) is 0 Å². The molecule has 5 heteroatoms. The van der Waals surface area contributed by atoms with E-state index in [1.807, 2.05) is 0 Å². The van der Waals surface area contributed by atoms with Crippen LogP contribution in [0.3, 0.4) is 0 Å². The highest BCUT2D eigenvalue weighted by Crippen LogP contribution is 2.15. The molecule has 0 heterocycles. The fourth-order valence-corrected chi connectivity index (χ4v) is 0.563. The van der Waals surface area contributed by atoms with Crippen molar-refractivity contribution in [2.24, 2.45) is 0 Å². The zero-order valence-corrected chi connectivity index (χ0v) is 6.39. The zero-order valence-electron chi connectivity index (χ0n) is 5.57. The number of rotatable bonds is 5. The lowest BCUT2D eigenvalue weighted by molar-refractivity contribution is -0.242. The second-order valence-corrected chi connectivity index (χ2v) is 2.60. The molecular weight excluding hydrogens is 165 g/mol. The number of halogens is 3. The SMILES string of the molecule is CSCCOC(F)(F)CF. The fourth-order valence-electron chi connectivity index (χ4n) is 0.313. The Morgan fingerprint density at radius 1 is 1.50 bits per heavy atom. The van der Waals surface area contributed by atoms with E-state index in [1.54, 1.807) is 6.26 Å². The second-order valence-electron chi connectivity index (χ2n) is 1.61. The van der Waals surface area contributed by atoms with Crippen molar-refractivity contribution in [2.75, 3.05) is 25.3 Å². The third-order valence-corrected chi connectivity index (χ3v) is 1.33. The average molecular weight is 174 g/mol. The lowest BCUT2D eigenvalue weighted by Gasteiger charge is -2.11. The first-order chi connectivity index (χ1) is 4.62. The number of alkyl halides is 3. The van der Waals surface area contributed by atoms with E-state index in [1.165, 1.54) is 11.8 Å². The van der Waals surface area contributed by atoms with Crippen LogP contribution in [0.5, 0.6) is 0 Å². The van der Waals surface area contributed by atoms with Gasteiger partial charge in [-0.25, -0.2) is 4.39 Å². The van der Waals surface area contributed by atoms with Crippen molar-refractivity contribution in [1.82, 2.24) is 0 Å². The van der Waals surface area contributed by atoms with Gasteiger partial charge in [0.15, 0.2) is 6.67 Å². The minimum absolute atomic E-state index is 0.113. The van der Waals surface area contributed by atoms with Crippen molar-refractivity contribution in [3.63, 3.8) is 0 Å². The third-order valence-electron chi connectivity index (χ3n) is 0.756. The molecule has 1 nitrogen and oxygen atoms in total. The average Bonchev–Trinajstić information content (AvgIpc) is 1.89. The van der Waals surface area contributed by atoms with Crippen LogP contribution < -0.4 is 0 Å². The maximum atomic E-state index is 11.9. The van der Waals surface area contributed by atoms with Gasteiger partial charge in [0.1, 0.15) is 0 Å². The summed E-state index contributed by atoms with van der Waals surface area (Å²) in [5.41, 5.74) is 0. The van der Waals surface area contributed by atoms with E-state index < -0.39 is 12.8 Å². The maximum Gasteiger partial charge on any atom is 0.384 e. The highest BCUT2D eigenvalue weighted by atomic mass is 32.2. The van der Waals surface area contributed by atoms with Crippen molar-refractivity contribution in [3.8, 4) is 0 Å². The highest BCUT2D eigenvalue weighted by Gasteiger charge is 2.29. The molecule has 0 bridgehead atoms. The minimum Gasteiger partial charge on any atom is -0.318 e. The molecule has 0 aromatic heterocycles. The Balaban J connectivity index is 3.28. The minimum atomic E-state index is -3.59. The van der Waals surface area contributed by atoms with Gasteiger partial charge in [-0.05, 0) is 6.26 Å². The summed E-state index contributed by atoms with van der Waals surface area (Å²) in [6, 6.07) is 0. The Kier molecular flexibility index (Phi) is 4.89. The van der Waals surface area contributed by atoms with Crippen LogP contribution in [0.25, 0.3) is 0 Å². The predicted octanol–water partition coefficient (Wildman–Crippen LogP) is 1.93. The molecule has 0 spiro atoms. The van der Waals surface area contributed by atoms with Crippen molar-refractivity contribution in [2.45, 2.75) is 6.11 Å². The van der Waals surface area contributed by atoms with E-state index in [-0.39, 0.29) is 6.61 Å². The van der Waals surface area contributed by atoms with Crippen LogP contribution in [0.1, 0.15) is 0 Å². The topological polar surface area (TPSA) is 9.23 Å². The number of thioether (sulfide) groups is 1. The lowest BCUT2D eigenvalue weighted by Crippen LogP contribution is -2.24. The smallest absolute Gasteiger partial charge is 0.318 e. The summed E-state index contributed by atoms with van der Waals surface area (Å²) in [6.07, 6.45) is -1.83. The molecule has 62 valence electrons. The maximum absolute atomic E-state index is 11.9. The molecule has 0 aromatic rings. The number of ether oxygens (including phenoxy) is 1. The van der Waals surface area contributed by atoms with Gasteiger partial charge in [-0.3, -0.25) is 0 Å². The van der Waals surface area contributed by atoms with Crippen molar-refractivity contribution in [3.05, 3.63) is 0 Å². The molecule has 0 radical (unpaired) electrons. The van der Waals surface area contributed by atoms with E-state index in [0.717, 1.165) is 0 Å². The van der Waals surface area contributed by atoms with Crippen LogP contribution in [0, 0.1) is 0 Å². The van der Waals surface area contributed by atoms with Crippen molar-refractivity contribution >= 4 is 11.8 Å². The molecule has 0 aliphatic carbocycles. The van der Waals surface area contributed by atoms with Gasteiger partial charge in [-0.15, -0.1) is 0 Å². The van der Waals surface area contributed by atoms with E-state index >= 15 is 0 Å². The van der Waals surface area contributed by atoms with Gasteiger partial charge in [0.05, 0.1) is 6.61 Å². The molecule has 0 aromatic carbocycles. The van der Waals surface area contributed by atoms with Gasteiger partial charge < -0.3 is 4.74 Å². The normalized spacial score (nSPS) is 12.0. The van der Waals surface area contributed by atoms with Crippen LogP contribution in [-0.2, 0) is 4.74 Å². The van der Waals surface area contributed by atoms with E-state index in [9.17, 15) is 13.2 Å². The summed E-state index contributed by atoms with van der Waals surface area (Å²) in [5, 5.41) is 0. The molecule has 0 aliphatic heterocycles. The molecule has 0 unspecified atom stereocenters. The Bertz CT molecular complexity index is 89.0. The molecule has 0 N–H and O–H groups in total. The largest absolute Gasteiger partial charge is 0.384 e. The van der Waals surface area contributed by atoms with Crippen LogP contribution in [0.2, 0.25) is 0 Å². The molecule has 0 atom stereocenters. The molecule has 0 saturated carbocycles. The molecule has 0 fully saturated rings. The van der Waals surface area contributed by atoms with Crippen LogP contribution in [0.15, 0.2) is 0 Å². The summed E-state index contributed by atoms with van der Waals surface area (Å²) in [6.45, 7) is -1.86. The summed E-state index contributed by atoms with van der Waals surface area (Å²) < 4.78 is 38.9. The first kappa shape index (κ1) is 10.1. The summed E-state index contributed by atoms with van der Waals surface area (Å²) in [5.74, 6) is 0.454. The molecular formula is C5H9F3OS. The summed E-state index contributed by atoms with van der Waals surface area (Å²) in [7, 11) is 0. The van der Waals surface area contributed by atoms with E-state index in [0.29, 0.717) is 5.75 Å². The molecule has 10 heavy (non-hydrogen) atoms. The van der Waals surface area contributed by atoms with Gasteiger partial charge in [0.2, 0.25) is 0 Å². The standard InChI is InChI=1S/C5H9F3OS/c1-10-3-2-9-5(7,8)4-6/h2-4H2,1H3. The van der Waals surface area contributed by atoms with Gasteiger partial charge in [-0.1, -0.05) is 0 Å². The van der Waals surface area contributed by atoms with Gasteiger partial charge in [-0.2, -0.15) is 20.5 Å². The highest BCUT2D eigenvalue weighted by molar-refractivity contribution is 7.98. The first-order valence-electron chi connectivity index (χ1n) is 2.69. The Morgan fingerprint density at radius 3 is 2.50 bits per heavy atom. The fraction of sp³-hybridized carbons (Fsp3) is 1.00. The Labute approximate surface area is 61.9 Å². The number of hydrogen-bond acceptors (Lipinski definition) is 2. The molecule has 0 rings (SSSR count). The second kappa shape index (κ2) is 4.85. The Morgan fingerprint density at radius 2 is 2.10 bits per heavy atom. The van der Waals surface area contributed by atoms with E-state index in [2.05, 4.69) is 4.74 Å². The monoisotopic (exact) mass is 174 g/mol. The quantitative estimate of drug-likeness (QED) is 0.589. The molecule has 0 aliphatic rings. The van der Waals surface area contributed by atoms with Gasteiger partial charge in [0.25, 0.3) is 0 Å². The lowest BCUT2D eigenvalue weighted by atomic mass is 10.7. The number of hydrogen-bond donors (Lipinski definition) is 0. The van der Waals surface area contributed by atoms with Crippen LogP contribution >= 0.6 is 11.8 Å². The van der Waals surface area contributed by atoms with Gasteiger partial charge >= 0.3 is 6.11 Å². The van der Waals surface area contributed by atoms with Crippen molar-refractivity contribution < 1.29 is 17.9 Å². The van der Waals surface area contributed by atoms with Crippen LogP contribution in [-0.4, -0.2) is 31.4 Å². The summed E-state index contributed by atoms with van der Waals surface area (Å²) >= 11 is 1.37. The first-order valence-corrected chi connectivity index (χ1v) is 4.08.